The molecule has 2 aromatic rings. The van der Waals surface area contributed by atoms with Crippen LogP contribution in [0.25, 0.3) is 10.3 Å². The Labute approximate surface area is 149 Å². The van der Waals surface area contributed by atoms with Gasteiger partial charge in [0, 0.05) is 25.7 Å². The topological polar surface area (TPSA) is 62.6 Å². The largest absolute Gasteiger partial charge is 0.457 e. The number of piperidine rings is 3. The van der Waals surface area contributed by atoms with Crippen LogP contribution in [0.2, 0.25) is 5.02 Å². The molecule has 5 rings (SSSR count). The molecule has 0 saturated carbocycles. The number of aliphatic imine (C=N–C) groups is 1. The number of anilines is 1. The Morgan fingerprint density at radius 1 is 1.50 bits per heavy atom. The zero-order chi connectivity index (χ0) is 16.7. The zero-order valence-corrected chi connectivity index (χ0v) is 15.3. The zero-order valence-electron chi connectivity index (χ0n) is 13.8. The first-order chi connectivity index (χ1) is 11.6. The molecular formula is C16H20ClN5OS. The Morgan fingerprint density at radius 2 is 2.29 bits per heavy atom. The number of halogens is 1. The maximum absolute atomic E-state index is 6.30. The molecule has 128 valence electrons. The van der Waals surface area contributed by atoms with Gasteiger partial charge in [-0.05, 0) is 38.9 Å². The molecule has 0 aromatic carbocycles. The van der Waals surface area contributed by atoms with Crippen molar-refractivity contribution in [1.82, 2.24) is 14.9 Å². The van der Waals surface area contributed by atoms with E-state index in [4.69, 9.17) is 16.3 Å². The highest BCUT2D eigenvalue weighted by Gasteiger charge is 2.45. The summed E-state index contributed by atoms with van der Waals surface area (Å²) < 4.78 is 7.24. The Kier molecular flexibility index (Phi) is 4.10. The molecule has 3 aliphatic rings. The highest BCUT2D eigenvalue weighted by molar-refractivity contribution is 7.22. The van der Waals surface area contributed by atoms with E-state index in [0.29, 0.717) is 27.7 Å². The number of hydrogen-bond donors (Lipinski definition) is 1. The van der Waals surface area contributed by atoms with Crippen molar-refractivity contribution in [2.24, 2.45) is 10.9 Å². The fraction of sp³-hybridized carbons (Fsp3) is 0.562. The molecule has 3 aliphatic heterocycles. The highest BCUT2D eigenvalue weighted by Crippen LogP contribution is 2.38. The summed E-state index contributed by atoms with van der Waals surface area (Å²) in [7, 11) is 1.73. The third kappa shape index (κ3) is 2.96. The summed E-state index contributed by atoms with van der Waals surface area (Å²) in [6.45, 7) is 5.50. The SMILES string of the molecule is CN=C(Nc1nc2ncc(Cl)cc2s1)OC1(C)CN2CCC1CC2. The third-order valence-corrected chi connectivity index (χ3v) is 6.06. The quantitative estimate of drug-likeness (QED) is 0.653. The summed E-state index contributed by atoms with van der Waals surface area (Å²) in [5.74, 6) is 0.580. The van der Waals surface area contributed by atoms with Crippen LogP contribution < -0.4 is 5.32 Å². The smallest absolute Gasteiger partial charge is 0.291 e. The Hall–Kier alpha value is -1.44. The maximum atomic E-state index is 6.30. The predicted molar refractivity (Wildman–Crippen MR) is 98.1 cm³/mol. The average Bonchev–Trinajstić information content (AvgIpc) is 2.96. The van der Waals surface area contributed by atoms with E-state index in [9.17, 15) is 0 Å². The Balaban J connectivity index is 1.51. The van der Waals surface area contributed by atoms with Crippen LogP contribution in [0.4, 0.5) is 5.13 Å². The predicted octanol–water partition coefficient (Wildman–Crippen LogP) is 3.24. The summed E-state index contributed by atoms with van der Waals surface area (Å²) in [6, 6.07) is 2.38. The minimum absolute atomic E-state index is 0.198. The van der Waals surface area contributed by atoms with E-state index in [-0.39, 0.29) is 5.60 Å². The van der Waals surface area contributed by atoms with Gasteiger partial charge in [-0.1, -0.05) is 22.9 Å². The van der Waals surface area contributed by atoms with Crippen LogP contribution in [0, 0.1) is 5.92 Å². The lowest BCUT2D eigenvalue weighted by Gasteiger charge is -2.50. The molecular weight excluding hydrogens is 346 g/mol. The van der Waals surface area contributed by atoms with E-state index >= 15 is 0 Å². The number of amidine groups is 1. The van der Waals surface area contributed by atoms with E-state index in [1.54, 1.807) is 13.2 Å². The summed E-state index contributed by atoms with van der Waals surface area (Å²) in [4.78, 5) is 15.5. The summed E-state index contributed by atoms with van der Waals surface area (Å²) in [5.41, 5.74) is 0.479. The molecule has 2 bridgehead atoms. The lowest BCUT2D eigenvalue weighted by atomic mass is 9.76. The van der Waals surface area contributed by atoms with Gasteiger partial charge in [0.05, 0.1) is 9.72 Å². The van der Waals surface area contributed by atoms with Gasteiger partial charge in [0.25, 0.3) is 6.02 Å². The molecule has 1 N–H and O–H groups in total. The minimum Gasteiger partial charge on any atom is -0.457 e. The second-order valence-electron chi connectivity index (χ2n) is 6.61. The van der Waals surface area contributed by atoms with Crippen molar-refractivity contribution in [1.29, 1.82) is 0 Å². The van der Waals surface area contributed by atoms with Crippen molar-refractivity contribution < 1.29 is 4.74 Å². The summed E-state index contributed by atoms with van der Waals surface area (Å²) in [6.07, 6.45) is 3.99. The molecule has 1 atom stereocenters. The fourth-order valence-corrected chi connectivity index (χ4v) is 4.76. The number of nitrogens with zero attached hydrogens (tertiary/aromatic N) is 4. The van der Waals surface area contributed by atoms with Crippen molar-refractivity contribution in [3.63, 3.8) is 0 Å². The normalized spacial score (nSPS) is 29.9. The van der Waals surface area contributed by atoms with Crippen LogP contribution in [-0.4, -0.2) is 53.2 Å². The van der Waals surface area contributed by atoms with Crippen LogP contribution in [0.1, 0.15) is 19.8 Å². The Morgan fingerprint density at radius 3 is 2.96 bits per heavy atom. The van der Waals surface area contributed by atoms with E-state index in [0.717, 1.165) is 11.2 Å². The standard InChI is InChI=1S/C16H20ClN5OS/c1-16(9-22-5-3-10(16)4-6-22)23-14(18-2)21-15-20-13-12(24-15)7-11(17)8-19-13/h7-8,10H,3-6,9H2,1-2H3,(H,18,19,20,21). The van der Waals surface area contributed by atoms with Gasteiger partial charge in [0.15, 0.2) is 10.8 Å². The third-order valence-electron chi connectivity index (χ3n) is 4.95. The van der Waals surface area contributed by atoms with Crippen molar-refractivity contribution in [3.05, 3.63) is 17.3 Å². The van der Waals surface area contributed by atoms with Crippen molar-refractivity contribution in [2.45, 2.75) is 25.4 Å². The van der Waals surface area contributed by atoms with Crippen LogP contribution in [0.15, 0.2) is 17.3 Å². The molecule has 3 saturated heterocycles. The van der Waals surface area contributed by atoms with E-state index in [1.807, 2.05) is 6.07 Å². The number of rotatable bonds is 2. The van der Waals surface area contributed by atoms with Gasteiger partial charge in [0.1, 0.15) is 5.60 Å². The highest BCUT2D eigenvalue weighted by atomic mass is 35.5. The van der Waals surface area contributed by atoms with Gasteiger partial charge >= 0.3 is 0 Å². The molecule has 24 heavy (non-hydrogen) atoms. The molecule has 0 aliphatic carbocycles. The monoisotopic (exact) mass is 365 g/mol. The maximum Gasteiger partial charge on any atom is 0.291 e. The second kappa shape index (κ2) is 6.13. The van der Waals surface area contributed by atoms with Crippen LogP contribution in [-0.2, 0) is 4.74 Å². The number of thiazole rings is 1. The summed E-state index contributed by atoms with van der Waals surface area (Å²) in [5, 5.41) is 4.53. The van der Waals surface area contributed by atoms with Gasteiger partial charge in [-0.15, -0.1) is 0 Å². The van der Waals surface area contributed by atoms with Gasteiger partial charge < -0.3 is 4.74 Å². The van der Waals surface area contributed by atoms with Crippen LogP contribution in [0.3, 0.4) is 0 Å². The number of ether oxygens (including phenoxy) is 1. The Bertz CT molecular complexity index is 786. The van der Waals surface area contributed by atoms with Crippen LogP contribution >= 0.6 is 22.9 Å². The fourth-order valence-electron chi connectivity index (χ4n) is 3.68. The average molecular weight is 366 g/mol. The van der Waals surface area contributed by atoms with E-state index < -0.39 is 0 Å². The minimum atomic E-state index is -0.198. The van der Waals surface area contributed by atoms with Crippen LogP contribution in [0.5, 0.6) is 0 Å². The van der Waals surface area contributed by atoms with Gasteiger partial charge in [0.2, 0.25) is 0 Å². The number of pyridine rings is 1. The molecule has 1 unspecified atom stereocenters. The summed E-state index contributed by atoms with van der Waals surface area (Å²) >= 11 is 7.48. The van der Waals surface area contributed by atoms with Crippen molar-refractivity contribution in [3.8, 4) is 0 Å². The van der Waals surface area contributed by atoms with Gasteiger partial charge in [-0.3, -0.25) is 10.2 Å². The van der Waals surface area contributed by atoms with Gasteiger partial charge in [-0.25, -0.2) is 9.98 Å². The first kappa shape index (κ1) is 16.1. The molecule has 5 heterocycles. The molecule has 0 spiro atoms. The molecule has 6 nitrogen and oxygen atoms in total. The van der Waals surface area contributed by atoms with Crippen molar-refractivity contribution in [2.75, 3.05) is 32.0 Å². The number of aromatic nitrogens is 2. The number of nitrogens with one attached hydrogen (secondary N) is 1. The number of hydrogen-bond acceptors (Lipinski definition) is 6. The first-order valence-corrected chi connectivity index (χ1v) is 9.32. The molecule has 3 fully saturated rings. The molecule has 8 heteroatoms. The number of fused-ring (bicyclic) bond motifs is 4. The lowest BCUT2D eigenvalue weighted by molar-refractivity contribution is -0.0885. The van der Waals surface area contributed by atoms with Gasteiger partial charge in [-0.2, -0.15) is 4.98 Å². The lowest BCUT2D eigenvalue weighted by Crippen LogP contribution is -2.59. The van der Waals surface area contributed by atoms with E-state index in [2.05, 4.69) is 32.1 Å². The second-order valence-corrected chi connectivity index (χ2v) is 8.08. The van der Waals surface area contributed by atoms with E-state index in [1.165, 1.54) is 37.3 Å². The van der Waals surface area contributed by atoms with Crippen molar-refractivity contribution >= 4 is 44.4 Å². The molecule has 2 aromatic heterocycles. The molecule has 0 amide bonds. The molecule has 0 radical (unpaired) electrons. The first-order valence-electron chi connectivity index (χ1n) is 8.13.